The Morgan fingerprint density at radius 1 is 0.275 bits per heavy atom. The monoisotopic (exact) mass is 1840 g/mol. The molecule has 0 bridgehead atoms. The van der Waals surface area contributed by atoms with E-state index in [1.54, 1.807) is 18.2 Å². The highest BCUT2D eigenvalue weighted by Crippen LogP contribution is 2.28. The van der Waals surface area contributed by atoms with Gasteiger partial charge >= 0.3 is 0 Å². The number of aromatic nitrogens is 6. The third-order valence-corrected chi connectivity index (χ3v) is 27.2. The molecule has 750 valence electrons. The van der Waals surface area contributed by atoms with Crippen LogP contribution in [0.1, 0.15) is 409 Å². The first-order chi connectivity index (χ1) is 61.9. The summed E-state index contributed by atoms with van der Waals surface area (Å²) in [6, 6.07) is 5.12. The SMILES string of the molecule is CCCCN(C)C(C)(C)CCNC(=O)c1cc(CC)on1.CCCCN(C)C(C)(C)CCNC(=O)c1noc(CC)c1C.CCCCN(C)C(C)(CC)CCNC(=O)c1cc(CC)on1.CCCCN(C)C(C)(CC)CCNC(=O)c1noc(CC)c1C.CCCN(C)C(C)(CC)CCNC(=O)c1cc(CC)on1.CCCN(C)C(C)(CC)CCNC(=O)c1noc(CC)c1C. The number of unbranched alkanes of at least 4 members (excludes halogenated alkanes) is 4. The summed E-state index contributed by atoms with van der Waals surface area (Å²) in [6.07, 6.45) is 26.1. The number of hydrogen-bond donors (Lipinski definition) is 6. The number of carbonyl (C=O) groups is 6. The Labute approximate surface area is 791 Å². The van der Waals surface area contributed by atoms with Crippen molar-refractivity contribution in [1.82, 2.24) is 92.2 Å². The lowest BCUT2D eigenvalue weighted by Crippen LogP contribution is -2.46. The van der Waals surface area contributed by atoms with E-state index in [-0.39, 0.29) is 68.7 Å². The van der Waals surface area contributed by atoms with Gasteiger partial charge in [0.15, 0.2) is 34.2 Å². The summed E-state index contributed by atoms with van der Waals surface area (Å²) in [5.74, 6) is 3.66. The highest BCUT2D eigenvalue weighted by atomic mass is 16.5. The molecule has 0 fully saturated rings. The molecule has 6 heterocycles. The molecule has 0 spiro atoms. The average molecular weight is 1840 g/mol. The van der Waals surface area contributed by atoms with Gasteiger partial charge in [-0.25, -0.2) is 0 Å². The van der Waals surface area contributed by atoms with Gasteiger partial charge in [0.25, 0.3) is 35.4 Å². The Balaban J connectivity index is 0.000000786. The van der Waals surface area contributed by atoms with Crippen LogP contribution in [0.2, 0.25) is 0 Å². The molecule has 0 aromatic carbocycles. The van der Waals surface area contributed by atoms with Crippen molar-refractivity contribution in [2.24, 2.45) is 0 Å². The van der Waals surface area contributed by atoms with Gasteiger partial charge in [-0.15, -0.1) is 0 Å². The smallest absolute Gasteiger partial charge is 0.273 e. The van der Waals surface area contributed by atoms with Crippen molar-refractivity contribution in [3.63, 3.8) is 0 Å². The van der Waals surface area contributed by atoms with Gasteiger partial charge in [-0.1, -0.05) is 167 Å². The van der Waals surface area contributed by atoms with Gasteiger partial charge in [0.1, 0.15) is 34.6 Å². The van der Waals surface area contributed by atoms with E-state index >= 15 is 0 Å². The number of carbonyl (C=O) groups excluding carboxylic acids is 6. The first kappa shape index (κ1) is 121. The van der Waals surface area contributed by atoms with Crippen LogP contribution in [0.3, 0.4) is 0 Å². The molecule has 131 heavy (non-hydrogen) atoms. The Kier molecular flexibility index (Phi) is 58.3. The third kappa shape index (κ3) is 41.3. The fourth-order valence-electron chi connectivity index (χ4n) is 14.6. The predicted octanol–water partition coefficient (Wildman–Crippen LogP) is 18.9. The highest BCUT2D eigenvalue weighted by molar-refractivity contribution is 5.95. The lowest BCUT2D eigenvalue weighted by molar-refractivity contribution is 0.0903. The van der Waals surface area contributed by atoms with Crippen LogP contribution in [0.15, 0.2) is 45.3 Å². The maximum Gasteiger partial charge on any atom is 0.273 e. The van der Waals surface area contributed by atoms with Crippen molar-refractivity contribution >= 4 is 35.4 Å². The van der Waals surface area contributed by atoms with Crippen LogP contribution in [-0.2, 0) is 38.5 Å². The second-order valence-corrected chi connectivity index (χ2v) is 37.4. The fraction of sp³-hybridized carbons (Fsp3) is 0.762. The Morgan fingerprint density at radius 3 is 0.679 bits per heavy atom. The van der Waals surface area contributed by atoms with E-state index < -0.39 is 0 Å². The van der Waals surface area contributed by atoms with Gasteiger partial charge in [0.2, 0.25) is 0 Å². The maximum atomic E-state index is 12.3. The molecule has 0 saturated heterocycles. The Bertz CT molecular complexity index is 4140. The molecule has 6 N–H and O–H groups in total. The molecule has 30 heteroatoms. The number of aryl methyl sites for hydroxylation is 6. The minimum Gasteiger partial charge on any atom is -0.361 e. The van der Waals surface area contributed by atoms with Gasteiger partial charge < -0.3 is 88.4 Å². The number of nitrogens with zero attached hydrogens (tertiary/aromatic N) is 12. The van der Waals surface area contributed by atoms with Crippen molar-refractivity contribution in [2.75, 3.05) is 121 Å². The summed E-state index contributed by atoms with van der Waals surface area (Å²) in [7, 11) is 12.9. The molecule has 0 aliphatic heterocycles. The van der Waals surface area contributed by atoms with Crippen molar-refractivity contribution in [2.45, 2.75) is 387 Å². The van der Waals surface area contributed by atoms with Crippen molar-refractivity contribution in [3.05, 3.63) is 104 Å². The molecule has 4 atom stereocenters. The Morgan fingerprint density at radius 2 is 0.489 bits per heavy atom. The molecule has 6 rings (SSSR count). The normalized spacial score (nSPS) is 13.4. The standard InChI is InChI=1S/C18H33N3O2.3C17H31N3O2.2C16H29N3O2/c1-7-10-13-21(6)18(5,9-3)11-12-19-17(22)16-14(4)15(8-2)23-20-16;1-7-9-12-20(6)17(4,5)10-11-18-16(21)15-13(3)14(8-2)22-19-15;1-7-12-20(6)17(5,9-3)10-11-18-16(21)15-13(4)14(8-2)22-19-15;1-6-9-12-20(5)17(4,8-3)10-11-18-16(21)15-13-14(7-2)22-19-15;1-6-8-11-19(5)16(3,4)9-10-17-15(20)14-12-13(7-2)21-18-14;1-6-11-19(5)16(4,8-3)9-10-17-15(20)14-12-13(7-2)21-18-14/h7-13H2,1-6H3,(H,19,22);2*7-12H2,1-6H3,(H,18,21);13H,6-12H2,1-5H3,(H,18,21);2*12H,6-11H2,1-5H3,(H,17,20). The maximum absolute atomic E-state index is 12.3. The summed E-state index contributed by atoms with van der Waals surface area (Å²) in [6.45, 7) is 67.8. The fourth-order valence-corrected chi connectivity index (χ4v) is 14.6. The van der Waals surface area contributed by atoms with Crippen LogP contribution in [0.25, 0.3) is 0 Å². The zero-order valence-electron chi connectivity index (χ0n) is 88.4. The summed E-state index contributed by atoms with van der Waals surface area (Å²) in [5, 5.41) is 40.8. The topological polar surface area (TPSA) is 350 Å². The molecular formula is C101H184N18O12. The van der Waals surface area contributed by atoms with Gasteiger partial charge in [0.05, 0.1) is 0 Å². The molecule has 0 radical (unpaired) electrons. The largest absolute Gasteiger partial charge is 0.361 e. The van der Waals surface area contributed by atoms with Crippen molar-refractivity contribution in [3.8, 4) is 0 Å². The van der Waals surface area contributed by atoms with Crippen molar-refractivity contribution < 1.29 is 55.9 Å². The van der Waals surface area contributed by atoms with E-state index in [4.69, 9.17) is 27.1 Å². The van der Waals surface area contributed by atoms with Crippen LogP contribution >= 0.6 is 0 Å². The van der Waals surface area contributed by atoms with E-state index in [9.17, 15) is 28.8 Å². The minimum atomic E-state index is -0.162. The van der Waals surface area contributed by atoms with E-state index in [1.807, 2.05) is 62.3 Å². The second-order valence-electron chi connectivity index (χ2n) is 37.4. The van der Waals surface area contributed by atoms with E-state index in [0.717, 1.165) is 206 Å². The van der Waals surface area contributed by atoms with E-state index in [0.29, 0.717) is 73.4 Å². The van der Waals surface area contributed by atoms with Crippen LogP contribution < -0.4 is 31.9 Å². The minimum absolute atomic E-state index is 0.0654. The number of rotatable bonds is 56. The first-order valence-corrected chi connectivity index (χ1v) is 49.6. The molecule has 0 aliphatic rings. The highest BCUT2D eigenvalue weighted by Gasteiger charge is 2.33. The predicted molar refractivity (Wildman–Crippen MR) is 530 cm³/mol. The molecule has 0 aliphatic carbocycles. The molecule has 0 saturated carbocycles. The van der Waals surface area contributed by atoms with Gasteiger partial charge in [-0.3, -0.25) is 28.8 Å². The lowest BCUT2D eigenvalue weighted by Gasteiger charge is -2.38. The molecule has 6 aromatic heterocycles. The molecule has 4 unspecified atom stereocenters. The van der Waals surface area contributed by atoms with Crippen LogP contribution in [0, 0.1) is 20.8 Å². The van der Waals surface area contributed by atoms with Crippen LogP contribution in [0.5, 0.6) is 0 Å². The van der Waals surface area contributed by atoms with Crippen LogP contribution in [-0.4, -0.2) is 250 Å². The molecular weight excluding hydrogens is 1660 g/mol. The zero-order valence-corrected chi connectivity index (χ0v) is 88.4. The number of hydrogen-bond acceptors (Lipinski definition) is 24. The summed E-state index contributed by atoms with van der Waals surface area (Å²) >= 11 is 0. The van der Waals surface area contributed by atoms with E-state index in [1.165, 1.54) is 51.4 Å². The zero-order chi connectivity index (χ0) is 99.3. The van der Waals surface area contributed by atoms with Gasteiger partial charge in [-0.05, 0) is 260 Å². The third-order valence-electron chi connectivity index (χ3n) is 27.2. The summed E-state index contributed by atoms with van der Waals surface area (Å²) in [5.41, 5.74) is 5.46. The van der Waals surface area contributed by atoms with E-state index in [2.05, 4.69) is 259 Å². The van der Waals surface area contributed by atoms with Crippen molar-refractivity contribution in [1.29, 1.82) is 0 Å². The quantitative estimate of drug-likeness (QED) is 0.0206. The van der Waals surface area contributed by atoms with Crippen LogP contribution in [0.4, 0.5) is 0 Å². The molecule has 6 amide bonds. The Hall–Kier alpha value is -8.16. The lowest BCUT2D eigenvalue weighted by atomic mass is 9.92. The first-order valence-electron chi connectivity index (χ1n) is 49.6. The average Bonchev–Trinajstić information content (AvgIpc) is 1.74. The second kappa shape index (κ2) is 63.2. The molecule has 6 aromatic rings. The number of nitrogens with one attached hydrogen (secondary N) is 6. The molecule has 30 nitrogen and oxygen atoms in total. The van der Waals surface area contributed by atoms with Gasteiger partial charge in [0, 0.05) is 146 Å². The van der Waals surface area contributed by atoms with Gasteiger partial charge in [-0.2, -0.15) is 0 Å². The number of amides is 6. The summed E-state index contributed by atoms with van der Waals surface area (Å²) < 4.78 is 30.7. The summed E-state index contributed by atoms with van der Waals surface area (Å²) in [4.78, 5) is 87.0.